The summed E-state index contributed by atoms with van der Waals surface area (Å²) >= 11 is 6.10. The first-order chi connectivity index (χ1) is 14.5. The summed E-state index contributed by atoms with van der Waals surface area (Å²) in [5.41, 5.74) is 3.70. The van der Waals surface area contributed by atoms with Crippen LogP contribution in [-0.2, 0) is 4.79 Å². The van der Waals surface area contributed by atoms with Crippen LogP contribution in [0.25, 0.3) is 28.1 Å². The molecule has 6 heteroatoms. The standard InChI is InChI=1S/C24H17ClN2O3/c25-17-11-12-20(28)18(13-17)19(14-21(29)30)24-26-22(15-7-3-1-4-8-15)23(27-24)16-9-5-2-6-10-16/h1-14,28H,(H,26,27)(H,29,30). The fraction of sp³-hybridized carbons (Fsp3) is 0. The van der Waals surface area contributed by atoms with Crippen molar-refractivity contribution < 1.29 is 15.0 Å². The molecule has 0 fully saturated rings. The molecule has 3 aromatic carbocycles. The number of benzene rings is 3. The van der Waals surface area contributed by atoms with Gasteiger partial charge in [0.25, 0.3) is 0 Å². The Labute approximate surface area is 177 Å². The Balaban J connectivity index is 1.96. The molecule has 0 atom stereocenters. The van der Waals surface area contributed by atoms with E-state index in [4.69, 9.17) is 16.6 Å². The van der Waals surface area contributed by atoms with Crippen LogP contribution < -0.4 is 0 Å². The minimum Gasteiger partial charge on any atom is -0.507 e. The van der Waals surface area contributed by atoms with Gasteiger partial charge < -0.3 is 15.2 Å². The van der Waals surface area contributed by atoms with E-state index < -0.39 is 5.97 Å². The lowest BCUT2D eigenvalue weighted by molar-refractivity contribution is -0.131. The Morgan fingerprint density at radius 3 is 2.20 bits per heavy atom. The third-order valence-electron chi connectivity index (χ3n) is 4.59. The number of aromatic nitrogens is 2. The highest BCUT2D eigenvalue weighted by atomic mass is 35.5. The number of aromatic hydroxyl groups is 1. The zero-order valence-electron chi connectivity index (χ0n) is 15.7. The first-order valence-electron chi connectivity index (χ1n) is 9.17. The van der Waals surface area contributed by atoms with Gasteiger partial charge in [-0.15, -0.1) is 0 Å². The largest absolute Gasteiger partial charge is 0.507 e. The summed E-state index contributed by atoms with van der Waals surface area (Å²) in [4.78, 5) is 19.5. The van der Waals surface area contributed by atoms with Crippen molar-refractivity contribution in [1.29, 1.82) is 0 Å². The lowest BCUT2D eigenvalue weighted by Crippen LogP contribution is -1.97. The number of halogens is 1. The van der Waals surface area contributed by atoms with Gasteiger partial charge >= 0.3 is 5.97 Å². The molecule has 0 saturated heterocycles. The molecule has 0 amide bonds. The van der Waals surface area contributed by atoms with Gasteiger partial charge in [-0.05, 0) is 18.2 Å². The minimum atomic E-state index is -1.16. The van der Waals surface area contributed by atoms with Gasteiger partial charge in [0.1, 0.15) is 11.6 Å². The van der Waals surface area contributed by atoms with Crippen molar-refractivity contribution in [2.45, 2.75) is 0 Å². The number of aromatic amines is 1. The first-order valence-corrected chi connectivity index (χ1v) is 9.55. The third kappa shape index (κ3) is 3.97. The molecule has 0 radical (unpaired) electrons. The highest BCUT2D eigenvalue weighted by molar-refractivity contribution is 6.30. The fourth-order valence-electron chi connectivity index (χ4n) is 3.24. The fourth-order valence-corrected chi connectivity index (χ4v) is 3.41. The van der Waals surface area contributed by atoms with Crippen molar-refractivity contribution in [3.05, 3.63) is 101 Å². The van der Waals surface area contributed by atoms with Crippen LogP contribution in [0.1, 0.15) is 11.4 Å². The van der Waals surface area contributed by atoms with E-state index in [9.17, 15) is 15.0 Å². The number of rotatable bonds is 5. The number of carboxylic acids is 1. The van der Waals surface area contributed by atoms with Gasteiger partial charge in [-0.25, -0.2) is 9.78 Å². The second kappa shape index (κ2) is 8.27. The van der Waals surface area contributed by atoms with Crippen molar-refractivity contribution in [2.24, 2.45) is 0 Å². The number of hydrogen-bond donors (Lipinski definition) is 3. The minimum absolute atomic E-state index is 0.0918. The predicted molar refractivity (Wildman–Crippen MR) is 117 cm³/mol. The van der Waals surface area contributed by atoms with Crippen LogP contribution in [-0.4, -0.2) is 26.2 Å². The average molecular weight is 417 g/mol. The maximum Gasteiger partial charge on any atom is 0.329 e. The highest BCUT2D eigenvalue weighted by Crippen LogP contribution is 2.36. The number of hydrogen-bond acceptors (Lipinski definition) is 3. The summed E-state index contributed by atoms with van der Waals surface area (Å²) in [7, 11) is 0. The molecular formula is C24H17ClN2O3. The van der Waals surface area contributed by atoms with Gasteiger partial charge in [0.15, 0.2) is 0 Å². The van der Waals surface area contributed by atoms with Crippen LogP contribution in [0.15, 0.2) is 84.9 Å². The molecule has 1 aromatic heterocycles. The van der Waals surface area contributed by atoms with E-state index in [2.05, 4.69) is 4.98 Å². The Kier molecular flexibility index (Phi) is 5.37. The van der Waals surface area contributed by atoms with E-state index in [0.717, 1.165) is 22.9 Å². The van der Waals surface area contributed by atoms with Gasteiger partial charge in [-0.3, -0.25) is 0 Å². The number of nitrogens with one attached hydrogen (secondary N) is 1. The summed E-state index contributed by atoms with van der Waals surface area (Å²) in [6, 6.07) is 23.7. The Morgan fingerprint density at radius 2 is 1.57 bits per heavy atom. The second-order valence-electron chi connectivity index (χ2n) is 6.60. The molecule has 5 nitrogen and oxygen atoms in total. The Hall–Kier alpha value is -3.83. The topological polar surface area (TPSA) is 86.2 Å². The van der Waals surface area contributed by atoms with E-state index in [1.807, 2.05) is 60.7 Å². The molecule has 0 bridgehead atoms. The monoisotopic (exact) mass is 416 g/mol. The van der Waals surface area contributed by atoms with Gasteiger partial charge in [-0.1, -0.05) is 72.3 Å². The molecule has 4 aromatic rings. The predicted octanol–water partition coefficient (Wildman–Crippen LogP) is 5.62. The SMILES string of the molecule is O=C(O)C=C(c1nc(-c2ccccc2)c(-c2ccccc2)[nH]1)c1cc(Cl)ccc1O. The quantitative estimate of drug-likeness (QED) is 0.368. The zero-order chi connectivity index (χ0) is 21.1. The summed E-state index contributed by atoms with van der Waals surface area (Å²) in [6.45, 7) is 0. The summed E-state index contributed by atoms with van der Waals surface area (Å²) in [5.74, 6) is -0.943. The van der Waals surface area contributed by atoms with E-state index >= 15 is 0 Å². The molecule has 3 N–H and O–H groups in total. The van der Waals surface area contributed by atoms with Crippen molar-refractivity contribution in [2.75, 3.05) is 0 Å². The summed E-state index contributed by atoms with van der Waals surface area (Å²) < 4.78 is 0. The third-order valence-corrected chi connectivity index (χ3v) is 4.82. The number of carbonyl (C=O) groups is 1. The molecule has 30 heavy (non-hydrogen) atoms. The number of imidazole rings is 1. The lowest BCUT2D eigenvalue weighted by Gasteiger charge is -2.07. The van der Waals surface area contributed by atoms with Crippen molar-refractivity contribution in [3.8, 4) is 28.3 Å². The van der Waals surface area contributed by atoms with Gasteiger partial charge in [0.05, 0.1) is 11.4 Å². The number of phenolic OH excluding ortho intramolecular Hbond substituents is 1. The average Bonchev–Trinajstić information content (AvgIpc) is 3.20. The zero-order valence-corrected chi connectivity index (χ0v) is 16.5. The lowest BCUT2D eigenvalue weighted by atomic mass is 10.0. The van der Waals surface area contributed by atoms with Gasteiger partial charge in [0.2, 0.25) is 0 Å². The molecule has 4 rings (SSSR count). The Morgan fingerprint density at radius 1 is 0.933 bits per heavy atom. The number of H-pyrrole nitrogens is 1. The van der Waals surface area contributed by atoms with Gasteiger partial charge in [0, 0.05) is 33.4 Å². The summed E-state index contributed by atoms with van der Waals surface area (Å²) in [5, 5.41) is 20.2. The maximum absolute atomic E-state index is 11.6. The van der Waals surface area contributed by atoms with Crippen molar-refractivity contribution in [3.63, 3.8) is 0 Å². The van der Waals surface area contributed by atoms with Crippen LogP contribution in [0.5, 0.6) is 5.75 Å². The molecule has 0 aliphatic rings. The summed E-state index contributed by atoms with van der Waals surface area (Å²) in [6.07, 6.45) is 1.01. The van der Waals surface area contributed by atoms with Crippen LogP contribution in [0.3, 0.4) is 0 Å². The molecule has 0 spiro atoms. The van der Waals surface area contributed by atoms with E-state index in [1.165, 1.54) is 18.2 Å². The number of carboxylic acid groups (broad SMARTS) is 1. The first kappa shape index (κ1) is 19.5. The van der Waals surface area contributed by atoms with Crippen molar-refractivity contribution in [1.82, 2.24) is 9.97 Å². The van der Waals surface area contributed by atoms with E-state index in [1.54, 1.807) is 0 Å². The second-order valence-corrected chi connectivity index (χ2v) is 7.04. The Bertz CT molecular complexity index is 1180. The molecule has 0 saturated carbocycles. The molecule has 148 valence electrons. The molecule has 1 heterocycles. The number of aliphatic carboxylic acids is 1. The molecule has 0 aliphatic heterocycles. The van der Waals surface area contributed by atoms with Crippen LogP contribution in [0.2, 0.25) is 5.02 Å². The number of phenols is 1. The molecular weight excluding hydrogens is 400 g/mol. The molecule has 0 aliphatic carbocycles. The van der Waals surface area contributed by atoms with E-state index in [-0.39, 0.29) is 16.9 Å². The van der Waals surface area contributed by atoms with Crippen LogP contribution in [0.4, 0.5) is 0 Å². The van der Waals surface area contributed by atoms with Crippen LogP contribution >= 0.6 is 11.6 Å². The maximum atomic E-state index is 11.6. The highest BCUT2D eigenvalue weighted by Gasteiger charge is 2.20. The molecule has 0 unspecified atom stereocenters. The van der Waals surface area contributed by atoms with Gasteiger partial charge in [-0.2, -0.15) is 0 Å². The smallest absolute Gasteiger partial charge is 0.329 e. The van der Waals surface area contributed by atoms with Crippen molar-refractivity contribution >= 4 is 23.1 Å². The normalized spacial score (nSPS) is 11.4. The van der Waals surface area contributed by atoms with E-state index in [0.29, 0.717) is 16.5 Å². The van der Waals surface area contributed by atoms with Crippen LogP contribution in [0, 0.1) is 0 Å². The number of nitrogens with zero attached hydrogens (tertiary/aromatic N) is 1.